The first-order chi connectivity index (χ1) is 27.3. The van der Waals surface area contributed by atoms with Crippen LogP contribution in [0.3, 0.4) is 0 Å². The van der Waals surface area contributed by atoms with Crippen LogP contribution in [-0.2, 0) is 42.9 Å². The number of alkyl carbamates (subject to hydrolysis) is 1. The number of esters is 2. The topological polar surface area (TPSA) is 180 Å². The van der Waals surface area contributed by atoms with E-state index in [0.29, 0.717) is 6.42 Å². The Kier molecular flexibility index (Phi) is 14.2. The first-order valence-electron chi connectivity index (χ1n) is 20.4. The van der Waals surface area contributed by atoms with Gasteiger partial charge in [0.05, 0.1) is 12.5 Å². The van der Waals surface area contributed by atoms with Gasteiger partial charge in [-0.15, -0.1) is 0 Å². The predicted octanol–water partition coefficient (Wildman–Crippen LogP) is 5.27. The summed E-state index contributed by atoms with van der Waals surface area (Å²) >= 11 is 0. The molecule has 14 heteroatoms. The molecule has 14 nitrogen and oxygen atoms in total. The van der Waals surface area contributed by atoms with Gasteiger partial charge in [-0.2, -0.15) is 0 Å². The van der Waals surface area contributed by atoms with E-state index < -0.39 is 89.2 Å². The molecule has 58 heavy (non-hydrogen) atoms. The first kappa shape index (κ1) is 44.9. The summed E-state index contributed by atoms with van der Waals surface area (Å²) in [4.78, 5) is 75.6. The van der Waals surface area contributed by atoms with Crippen LogP contribution < -0.4 is 5.32 Å². The lowest BCUT2D eigenvalue weighted by molar-refractivity contribution is -0.292. The van der Waals surface area contributed by atoms with E-state index in [9.17, 15) is 29.1 Å². The molecule has 0 saturated carbocycles. The summed E-state index contributed by atoms with van der Waals surface area (Å²) < 4.78 is 30.9. The van der Waals surface area contributed by atoms with E-state index in [-0.39, 0.29) is 43.7 Å². The molecular weight excluding hydrogens is 746 g/mol. The number of aliphatic hydroxyl groups excluding tert-OH is 1. The highest BCUT2D eigenvalue weighted by atomic mass is 16.7. The zero-order valence-electron chi connectivity index (χ0n) is 35.4. The van der Waals surface area contributed by atoms with Gasteiger partial charge in [-0.05, 0) is 66.4 Å². The number of cyclic esters (lactones) is 1. The van der Waals surface area contributed by atoms with Crippen LogP contribution in [0.2, 0.25) is 0 Å². The van der Waals surface area contributed by atoms with E-state index in [2.05, 4.69) is 10.3 Å². The minimum Gasteiger partial charge on any atom is -0.458 e. The normalized spacial score (nSPS) is 36.7. The number of rotatable bonds is 8. The van der Waals surface area contributed by atoms with Crippen LogP contribution in [-0.4, -0.2) is 113 Å². The van der Waals surface area contributed by atoms with E-state index in [4.69, 9.17) is 23.7 Å². The van der Waals surface area contributed by atoms with Crippen molar-refractivity contribution < 1.29 is 52.8 Å². The van der Waals surface area contributed by atoms with Gasteiger partial charge in [0.1, 0.15) is 41.2 Å². The maximum Gasteiger partial charge on any atom is 0.408 e. The second kappa shape index (κ2) is 18.4. The number of Topliss-reactive ketones (excluding diaryl/α,β-unsaturated/α-hetero) is 2. The van der Waals surface area contributed by atoms with Gasteiger partial charge in [-0.3, -0.25) is 24.2 Å². The average Bonchev–Trinajstić information content (AvgIpc) is 3.50. The molecule has 13 atom stereocenters. The lowest BCUT2D eigenvalue weighted by Crippen LogP contribution is -2.60. The number of hydrogen-bond acceptors (Lipinski definition) is 13. The third-order valence-corrected chi connectivity index (χ3v) is 12.5. The summed E-state index contributed by atoms with van der Waals surface area (Å²) in [5.41, 5.74) is -2.20. The fourth-order valence-electron chi connectivity index (χ4n) is 9.24. The fourth-order valence-corrected chi connectivity index (χ4v) is 9.24. The number of amides is 1. The highest BCUT2D eigenvalue weighted by Crippen LogP contribution is 2.45. The van der Waals surface area contributed by atoms with Crippen LogP contribution in [0.15, 0.2) is 42.7 Å². The molecule has 0 bridgehead atoms. The third kappa shape index (κ3) is 9.46. The quantitative estimate of drug-likeness (QED) is 0.200. The Morgan fingerprint density at radius 2 is 1.74 bits per heavy atom. The van der Waals surface area contributed by atoms with E-state index in [1.54, 1.807) is 60.0 Å². The molecule has 2 aromatic rings. The van der Waals surface area contributed by atoms with Gasteiger partial charge in [0.25, 0.3) is 0 Å². The Balaban J connectivity index is 1.52. The zero-order valence-corrected chi connectivity index (χ0v) is 35.4. The molecule has 1 aromatic carbocycles. The summed E-state index contributed by atoms with van der Waals surface area (Å²) in [5.74, 6) is -6.83. The lowest BCUT2D eigenvalue weighted by Gasteiger charge is -2.47. The van der Waals surface area contributed by atoms with E-state index in [1.807, 2.05) is 56.3 Å². The molecule has 3 unspecified atom stereocenters. The fraction of sp³-hybridized carbons (Fsp3) is 0.636. The van der Waals surface area contributed by atoms with Gasteiger partial charge in [0, 0.05) is 59.6 Å². The standard InChI is InChI=1S/C44H61N3O11/c1-11-34-44(8)32(20-35(48)57-44)26(4)36(49)24(2)21-43(7,58-42(53)46-18-14-16-30-23-45-22-29-15-12-13-17-31(29)30)39(27(5)37(50)28(6)40(52)55-34)56-41-38(51)33(47(9)10)19-25(3)54-41/h12-17,22-28,32-34,38-39,41,51H,11,18-21H2,1-10H3,(H,46,53)/b16-14+/t24-,25-,26?,27+,28-,32?,33+,34-,38-,39-,41?,43-,44+/m1/s1. The third-order valence-electron chi connectivity index (χ3n) is 12.5. The van der Waals surface area contributed by atoms with Gasteiger partial charge in [0.15, 0.2) is 12.1 Å². The highest BCUT2D eigenvalue weighted by Gasteiger charge is 2.57. The van der Waals surface area contributed by atoms with Crippen molar-refractivity contribution in [3.8, 4) is 0 Å². The smallest absolute Gasteiger partial charge is 0.408 e. The van der Waals surface area contributed by atoms with Gasteiger partial charge in [0.2, 0.25) is 0 Å². The minimum absolute atomic E-state index is 0.0614. The monoisotopic (exact) mass is 807 g/mol. The highest BCUT2D eigenvalue weighted by molar-refractivity contribution is 6.00. The van der Waals surface area contributed by atoms with Crippen LogP contribution in [0, 0.1) is 29.6 Å². The Labute approximate surface area is 341 Å². The molecule has 3 saturated heterocycles. The predicted molar refractivity (Wildman–Crippen MR) is 215 cm³/mol. The Morgan fingerprint density at radius 1 is 1.03 bits per heavy atom. The number of ketones is 2. The molecule has 3 aliphatic heterocycles. The van der Waals surface area contributed by atoms with E-state index in [0.717, 1.165) is 16.3 Å². The molecule has 5 rings (SSSR count). The number of fused-ring (bicyclic) bond motifs is 2. The molecule has 4 heterocycles. The van der Waals surface area contributed by atoms with Crippen molar-refractivity contribution in [3.05, 3.63) is 48.3 Å². The minimum atomic E-state index is -1.72. The maximum absolute atomic E-state index is 14.5. The molecular formula is C44H61N3O11. The van der Waals surface area contributed by atoms with E-state index >= 15 is 0 Å². The van der Waals surface area contributed by atoms with Crippen molar-refractivity contribution in [3.63, 3.8) is 0 Å². The summed E-state index contributed by atoms with van der Waals surface area (Å²) in [6.07, 6.45) is 1.78. The molecule has 1 amide bonds. The molecule has 3 aliphatic rings. The number of aliphatic hydroxyl groups is 1. The number of pyridine rings is 1. The van der Waals surface area contributed by atoms with Gasteiger partial charge < -0.3 is 39.0 Å². The number of aromatic nitrogens is 1. The molecule has 0 aliphatic carbocycles. The number of carbonyl (C=O) groups is 5. The molecule has 3 fully saturated rings. The van der Waals surface area contributed by atoms with E-state index in [1.165, 1.54) is 6.92 Å². The van der Waals surface area contributed by atoms with Crippen LogP contribution in [0.25, 0.3) is 16.8 Å². The zero-order chi connectivity index (χ0) is 42.7. The van der Waals surface area contributed by atoms with Crippen LogP contribution in [0.1, 0.15) is 86.6 Å². The van der Waals surface area contributed by atoms with Gasteiger partial charge in [-0.25, -0.2) is 4.79 Å². The Bertz CT molecular complexity index is 1860. The second-order valence-electron chi connectivity index (χ2n) is 17.1. The Morgan fingerprint density at radius 3 is 2.43 bits per heavy atom. The molecule has 318 valence electrons. The van der Waals surface area contributed by atoms with Crippen molar-refractivity contribution >= 4 is 46.4 Å². The number of ether oxygens (including phenoxy) is 5. The number of nitrogens with zero attached hydrogens (tertiary/aromatic N) is 2. The first-order valence-corrected chi connectivity index (χ1v) is 20.4. The number of nitrogens with one attached hydrogen (secondary N) is 1. The van der Waals surface area contributed by atoms with Gasteiger partial charge >= 0.3 is 18.0 Å². The van der Waals surface area contributed by atoms with Crippen molar-refractivity contribution in [1.29, 1.82) is 0 Å². The van der Waals surface area contributed by atoms with Crippen LogP contribution >= 0.6 is 0 Å². The molecule has 2 N–H and O–H groups in total. The molecule has 0 spiro atoms. The Hall–Kier alpha value is -4.24. The van der Waals surface area contributed by atoms with Crippen LogP contribution in [0.5, 0.6) is 0 Å². The maximum atomic E-state index is 14.5. The van der Waals surface area contributed by atoms with Crippen LogP contribution in [0.4, 0.5) is 4.79 Å². The van der Waals surface area contributed by atoms with Gasteiger partial charge in [-0.1, -0.05) is 64.1 Å². The number of hydrogen-bond donors (Lipinski definition) is 2. The summed E-state index contributed by atoms with van der Waals surface area (Å²) in [6.45, 7) is 13.4. The summed E-state index contributed by atoms with van der Waals surface area (Å²) in [5, 5.41) is 16.3. The SMILES string of the molecule is CC[C@H]1OC(=O)[C@H](C)C(=O)[C@H](C)[C@@H](OC2O[C@H](C)C[C@H](N(C)C)[C@H]2O)[C@](C)(OC(=O)NC/C=C/c2cncc3ccccc23)C[C@@H](C)C(=O)C(C)C2CC(=O)O[C@@]21C. The van der Waals surface area contributed by atoms with Crippen molar-refractivity contribution in [2.24, 2.45) is 29.6 Å². The molecule has 0 radical (unpaired) electrons. The number of carbonyl (C=O) groups excluding carboxylic acids is 5. The van der Waals surface area contributed by atoms with Crippen molar-refractivity contribution in [2.75, 3.05) is 20.6 Å². The number of likely N-dealkylation sites (N-methyl/N-ethyl adjacent to an activating group) is 1. The molecule has 1 aromatic heterocycles. The van der Waals surface area contributed by atoms with Crippen molar-refractivity contribution in [1.82, 2.24) is 15.2 Å². The lowest BCUT2D eigenvalue weighted by atomic mass is 9.70. The number of benzene rings is 1. The summed E-state index contributed by atoms with van der Waals surface area (Å²) in [6, 6.07) is 7.43. The summed E-state index contributed by atoms with van der Waals surface area (Å²) in [7, 11) is 3.66. The average molecular weight is 808 g/mol. The largest absolute Gasteiger partial charge is 0.458 e. The second-order valence-corrected chi connectivity index (χ2v) is 17.1. The van der Waals surface area contributed by atoms with Crippen molar-refractivity contribution in [2.45, 2.75) is 129 Å².